The summed E-state index contributed by atoms with van der Waals surface area (Å²) in [7, 11) is -3.99. The molecule has 10 heteroatoms. The number of ketones is 1. The van der Waals surface area contributed by atoms with Crippen LogP contribution < -0.4 is 16.1 Å². The molecule has 0 spiro atoms. The Hall–Kier alpha value is -3.92. The normalized spacial score (nSPS) is 16.7. The number of nitrogens with two attached hydrogens (primary N) is 1. The number of amides is 1. The van der Waals surface area contributed by atoms with Crippen molar-refractivity contribution in [3.8, 4) is 5.75 Å². The van der Waals surface area contributed by atoms with Crippen LogP contribution in [-0.2, 0) is 16.4 Å². The number of Topliss-reactive ketones (excluding diaryl/α,β-unsaturated/α-hetero) is 1. The molecule has 1 aromatic heterocycles. The first-order valence-electron chi connectivity index (χ1n) is 12.6. The number of primary amides is 1. The Balaban J connectivity index is 1.51. The molecular weight excluding hydrogens is 508 g/mol. The number of hydrogen-bond donors (Lipinski definition) is 3. The fourth-order valence-electron chi connectivity index (χ4n) is 5.10. The number of benzene rings is 2. The fraction of sp³-hybridized carbons (Fsp3) is 0.321. The van der Waals surface area contributed by atoms with Crippen molar-refractivity contribution >= 4 is 27.4 Å². The van der Waals surface area contributed by atoms with Crippen LogP contribution in [0, 0.1) is 5.92 Å². The van der Waals surface area contributed by atoms with Crippen LogP contribution in [0.15, 0.2) is 62.6 Å². The van der Waals surface area contributed by atoms with Crippen LogP contribution in [0.4, 0.5) is 5.69 Å². The maximum absolute atomic E-state index is 13.2. The van der Waals surface area contributed by atoms with Gasteiger partial charge >= 0.3 is 5.63 Å². The van der Waals surface area contributed by atoms with Gasteiger partial charge in [-0.05, 0) is 73.6 Å². The standard InChI is InChI=1S/C28H28N2O7S/c29-27(33)17-11-13-20(14-12-17)38(35,36)30-19-6-4-5-18(15-19)23(16-9-10-16)25-26(32)24-21(31)7-2-1-3-8-22(24)37-28(25)34/h4-6,11-16,23,30,32H,1-3,7-10H2,(H2,29,33). The van der Waals surface area contributed by atoms with Crippen molar-refractivity contribution in [2.45, 2.75) is 55.8 Å². The Morgan fingerprint density at radius 1 is 1.03 bits per heavy atom. The van der Waals surface area contributed by atoms with Crippen LogP contribution in [0.5, 0.6) is 5.75 Å². The first kappa shape index (κ1) is 25.7. The van der Waals surface area contributed by atoms with E-state index in [1.165, 1.54) is 24.3 Å². The van der Waals surface area contributed by atoms with E-state index in [4.69, 9.17) is 10.2 Å². The smallest absolute Gasteiger partial charge is 0.343 e. The van der Waals surface area contributed by atoms with Crippen LogP contribution in [0.25, 0.3) is 0 Å². The molecule has 5 rings (SSSR count). The number of nitrogens with one attached hydrogen (secondary N) is 1. The molecule has 0 radical (unpaired) electrons. The summed E-state index contributed by atoms with van der Waals surface area (Å²) in [5.41, 5.74) is 5.77. The fourth-order valence-corrected chi connectivity index (χ4v) is 6.15. The van der Waals surface area contributed by atoms with Gasteiger partial charge < -0.3 is 15.3 Å². The molecule has 38 heavy (non-hydrogen) atoms. The van der Waals surface area contributed by atoms with Gasteiger partial charge in [0.2, 0.25) is 5.91 Å². The molecule has 1 unspecified atom stereocenters. The monoisotopic (exact) mass is 536 g/mol. The molecule has 4 N–H and O–H groups in total. The summed E-state index contributed by atoms with van der Waals surface area (Å²) < 4.78 is 34.1. The number of carbonyl (C=O) groups excluding carboxylic acids is 2. The van der Waals surface area contributed by atoms with E-state index in [-0.39, 0.29) is 56.9 Å². The van der Waals surface area contributed by atoms with Crippen molar-refractivity contribution in [3.05, 3.63) is 87.0 Å². The second-order valence-electron chi connectivity index (χ2n) is 9.87. The van der Waals surface area contributed by atoms with Gasteiger partial charge in [-0.3, -0.25) is 14.3 Å². The molecule has 2 aliphatic carbocycles. The molecule has 0 bridgehead atoms. The van der Waals surface area contributed by atoms with E-state index in [1.807, 2.05) is 0 Å². The van der Waals surface area contributed by atoms with Crippen molar-refractivity contribution in [2.75, 3.05) is 4.72 Å². The highest BCUT2D eigenvalue weighted by molar-refractivity contribution is 7.92. The molecule has 2 aliphatic rings. The van der Waals surface area contributed by atoms with Gasteiger partial charge in [0, 0.05) is 30.0 Å². The summed E-state index contributed by atoms with van der Waals surface area (Å²) in [5, 5.41) is 11.3. The number of aromatic hydroxyl groups is 1. The summed E-state index contributed by atoms with van der Waals surface area (Å²) in [4.78, 5) is 37.3. The topological polar surface area (TPSA) is 157 Å². The second-order valence-corrected chi connectivity index (χ2v) is 11.6. The number of anilines is 1. The number of rotatable bonds is 7. The maximum Gasteiger partial charge on any atom is 0.343 e. The third kappa shape index (κ3) is 5.08. The number of carbonyl (C=O) groups is 2. The van der Waals surface area contributed by atoms with E-state index >= 15 is 0 Å². The largest absolute Gasteiger partial charge is 0.506 e. The molecule has 1 heterocycles. The van der Waals surface area contributed by atoms with Crippen molar-refractivity contribution in [3.63, 3.8) is 0 Å². The molecule has 0 saturated heterocycles. The van der Waals surface area contributed by atoms with E-state index in [1.54, 1.807) is 24.3 Å². The second kappa shape index (κ2) is 10.1. The van der Waals surface area contributed by atoms with E-state index in [9.17, 15) is 27.9 Å². The van der Waals surface area contributed by atoms with Crippen molar-refractivity contribution in [2.24, 2.45) is 11.7 Å². The van der Waals surface area contributed by atoms with Crippen molar-refractivity contribution in [1.82, 2.24) is 0 Å². The third-order valence-electron chi connectivity index (χ3n) is 7.14. The first-order valence-corrected chi connectivity index (χ1v) is 14.1. The molecule has 0 aliphatic heterocycles. The number of sulfonamides is 1. The lowest BCUT2D eigenvalue weighted by atomic mass is 9.85. The molecule has 1 fully saturated rings. The van der Waals surface area contributed by atoms with Gasteiger partial charge in [0.15, 0.2) is 5.78 Å². The lowest BCUT2D eigenvalue weighted by Crippen LogP contribution is -2.21. The van der Waals surface area contributed by atoms with Gasteiger partial charge in [0.05, 0.1) is 16.0 Å². The third-order valence-corrected chi connectivity index (χ3v) is 8.54. The minimum atomic E-state index is -3.99. The van der Waals surface area contributed by atoms with Crippen molar-refractivity contribution in [1.29, 1.82) is 0 Å². The Morgan fingerprint density at radius 3 is 2.42 bits per heavy atom. The van der Waals surface area contributed by atoms with E-state index in [0.717, 1.165) is 25.7 Å². The summed E-state index contributed by atoms with van der Waals surface area (Å²) in [6.45, 7) is 0. The summed E-state index contributed by atoms with van der Waals surface area (Å²) in [6, 6.07) is 11.9. The van der Waals surface area contributed by atoms with Gasteiger partial charge in [-0.25, -0.2) is 13.2 Å². The minimum absolute atomic E-state index is 0.0405. The Morgan fingerprint density at radius 2 is 1.74 bits per heavy atom. The zero-order chi connectivity index (χ0) is 27.0. The van der Waals surface area contributed by atoms with E-state index in [0.29, 0.717) is 18.4 Å². The molecular formula is C28H28N2O7S. The Labute approximate surface area is 219 Å². The highest BCUT2D eigenvalue weighted by Crippen LogP contribution is 2.49. The lowest BCUT2D eigenvalue weighted by molar-refractivity contribution is 0.0966. The number of fused-ring (bicyclic) bond motifs is 1. The Bertz CT molecular complexity index is 1570. The number of aryl methyl sites for hydroxylation is 1. The average molecular weight is 537 g/mol. The maximum atomic E-state index is 13.2. The molecule has 3 aromatic rings. The van der Waals surface area contributed by atoms with Gasteiger partial charge in [-0.15, -0.1) is 0 Å². The quantitative estimate of drug-likeness (QED) is 0.410. The van der Waals surface area contributed by atoms with E-state index in [2.05, 4.69) is 4.72 Å². The highest BCUT2D eigenvalue weighted by Gasteiger charge is 2.39. The predicted molar refractivity (Wildman–Crippen MR) is 140 cm³/mol. The summed E-state index contributed by atoms with van der Waals surface area (Å²) in [5.74, 6) is -1.50. The SMILES string of the molecule is NC(=O)c1ccc(S(=O)(=O)Nc2cccc(C(c3c(O)c4c(oc3=O)CCCCCC4=O)C3CC3)c2)cc1. The first-order chi connectivity index (χ1) is 18.2. The zero-order valence-electron chi connectivity index (χ0n) is 20.6. The summed E-state index contributed by atoms with van der Waals surface area (Å²) in [6.07, 6.45) is 4.65. The highest BCUT2D eigenvalue weighted by atomic mass is 32.2. The molecule has 1 amide bonds. The van der Waals surface area contributed by atoms with Crippen LogP contribution in [0.3, 0.4) is 0 Å². The molecule has 1 saturated carbocycles. The Kier molecular flexibility index (Phi) is 6.83. The van der Waals surface area contributed by atoms with Crippen LogP contribution in [0.2, 0.25) is 0 Å². The van der Waals surface area contributed by atoms with Gasteiger partial charge in [0.25, 0.3) is 10.0 Å². The zero-order valence-corrected chi connectivity index (χ0v) is 21.4. The average Bonchev–Trinajstić information content (AvgIpc) is 3.70. The van der Waals surface area contributed by atoms with Crippen molar-refractivity contribution < 1.29 is 27.5 Å². The van der Waals surface area contributed by atoms with Gasteiger partial charge in [0.1, 0.15) is 11.5 Å². The molecule has 1 atom stereocenters. The van der Waals surface area contributed by atoms with Gasteiger partial charge in [-0.1, -0.05) is 18.6 Å². The predicted octanol–water partition coefficient (Wildman–Crippen LogP) is 4.09. The van der Waals surface area contributed by atoms with Gasteiger partial charge in [-0.2, -0.15) is 0 Å². The van der Waals surface area contributed by atoms with Crippen LogP contribution >= 0.6 is 0 Å². The van der Waals surface area contributed by atoms with E-state index < -0.39 is 27.5 Å². The number of hydrogen-bond acceptors (Lipinski definition) is 7. The lowest BCUT2D eigenvalue weighted by Gasteiger charge is -2.21. The minimum Gasteiger partial charge on any atom is -0.506 e. The van der Waals surface area contributed by atoms with Crippen LogP contribution in [0.1, 0.15) is 82.0 Å². The summed E-state index contributed by atoms with van der Waals surface area (Å²) >= 11 is 0. The molecule has 9 nitrogen and oxygen atoms in total. The molecule has 2 aromatic carbocycles. The molecule has 198 valence electrons. The van der Waals surface area contributed by atoms with Crippen LogP contribution in [-0.4, -0.2) is 25.2 Å².